The number of benzene rings is 2. The van der Waals surface area contributed by atoms with E-state index < -0.39 is 21.9 Å². The van der Waals surface area contributed by atoms with Crippen molar-refractivity contribution in [2.24, 2.45) is 0 Å². The van der Waals surface area contributed by atoms with Gasteiger partial charge in [0.1, 0.15) is 17.6 Å². The number of carbonyl (C=O) groups is 1. The summed E-state index contributed by atoms with van der Waals surface area (Å²) < 4.78 is 46.1. The fraction of sp³-hybridized carbons (Fsp3) is 0.409. The highest BCUT2D eigenvalue weighted by Gasteiger charge is 2.37. The Hall–Kier alpha value is -2.45. The van der Waals surface area contributed by atoms with Crippen LogP contribution in [-0.4, -0.2) is 37.3 Å². The summed E-state index contributed by atoms with van der Waals surface area (Å²) in [5, 5.41) is 2.85. The number of nitrogens with zero attached hydrogens (tertiary/aromatic N) is 1. The van der Waals surface area contributed by atoms with E-state index >= 15 is 0 Å². The molecule has 0 unspecified atom stereocenters. The van der Waals surface area contributed by atoms with Crippen molar-refractivity contribution in [3.05, 3.63) is 59.9 Å². The molecule has 1 saturated heterocycles. The average Bonchev–Trinajstić information content (AvgIpc) is 2.73. The van der Waals surface area contributed by atoms with Gasteiger partial charge in [-0.2, -0.15) is 4.31 Å². The van der Waals surface area contributed by atoms with E-state index in [-0.39, 0.29) is 23.5 Å². The molecule has 1 amide bonds. The van der Waals surface area contributed by atoms with E-state index in [9.17, 15) is 17.6 Å². The Kier molecular flexibility index (Phi) is 7.10. The highest BCUT2D eigenvalue weighted by Crippen LogP contribution is 2.26. The summed E-state index contributed by atoms with van der Waals surface area (Å²) in [7, 11) is -3.88. The van der Waals surface area contributed by atoms with Gasteiger partial charge in [-0.1, -0.05) is 18.6 Å². The fourth-order valence-corrected chi connectivity index (χ4v) is 5.12. The lowest BCUT2D eigenvalue weighted by Gasteiger charge is -2.33. The predicted octanol–water partition coefficient (Wildman–Crippen LogP) is 3.47. The summed E-state index contributed by atoms with van der Waals surface area (Å²) in [5.74, 6) is -0.0847. The average molecular weight is 435 g/mol. The molecule has 0 aromatic heterocycles. The summed E-state index contributed by atoms with van der Waals surface area (Å²) in [6.07, 6.45) is 1.99. The first-order valence-corrected chi connectivity index (χ1v) is 11.5. The van der Waals surface area contributed by atoms with Crippen LogP contribution in [-0.2, 0) is 21.4 Å². The van der Waals surface area contributed by atoms with E-state index in [0.29, 0.717) is 19.4 Å². The number of amides is 1. The van der Waals surface area contributed by atoms with Crippen LogP contribution in [0.1, 0.15) is 38.7 Å². The third kappa shape index (κ3) is 5.37. The van der Waals surface area contributed by atoms with E-state index in [1.165, 1.54) is 16.4 Å². The second-order valence-corrected chi connectivity index (χ2v) is 9.50. The molecule has 0 bridgehead atoms. The van der Waals surface area contributed by atoms with Crippen molar-refractivity contribution in [2.75, 3.05) is 6.54 Å². The zero-order valence-electron chi connectivity index (χ0n) is 17.2. The lowest BCUT2D eigenvalue weighted by Crippen LogP contribution is -2.51. The van der Waals surface area contributed by atoms with Gasteiger partial charge in [0.25, 0.3) is 0 Å². The number of hydrogen-bond acceptors (Lipinski definition) is 4. The first-order chi connectivity index (χ1) is 14.3. The molecular formula is C22H27FN2O4S. The quantitative estimate of drug-likeness (QED) is 0.724. The predicted molar refractivity (Wildman–Crippen MR) is 112 cm³/mol. The van der Waals surface area contributed by atoms with Gasteiger partial charge in [-0.3, -0.25) is 4.79 Å². The molecule has 6 nitrogen and oxygen atoms in total. The van der Waals surface area contributed by atoms with Gasteiger partial charge in [0.15, 0.2) is 0 Å². The first kappa shape index (κ1) is 22.2. The van der Waals surface area contributed by atoms with Crippen molar-refractivity contribution in [3.63, 3.8) is 0 Å². The van der Waals surface area contributed by atoms with Crippen LogP contribution in [0.25, 0.3) is 0 Å². The highest BCUT2D eigenvalue weighted by atomic mass is 32.2. The number of nitrogens with one attached hydrogen (secondary N) is 1. The van der Waals surface area contributed by atoms with Crippen molar-refractivity contribution in [3.8, 4) is 5.75 Å². The minimum Gasteiger partial charge on any atom is -0.491 e. The Morgan fingerprint density at radius 2 is 1.80 bits per heavy atom. The van der Waals surface area contributed by atoms with Crippen molar-refractivity contribution < 1.29 is 22.3 Å². The maximum Gasteiger partial charge on any atom is 0.243 e. The standard InChI is InChI=1S/C22H27FN2O4S/c1-16(2)29-19-10-6-17(7-11-19)15-24-22(26)21-5-3-4-14-25(21)30(27,28)20-12-8-18(23)9-13-20/h6-13,16,21H,3-5,14-15H2,1-2H3,(H,24,26)/t21-/m0/s1. The molecule has 2 aromatic rings. The smallest absolute Gasteiger partial charge is 0.243 e. The van der Waals surface area contributed by atoms with Crippen LogP contribution in [0.15, 0.2) is 53.4 Å². The van der Waals surface area contributed by atoms with Crippen LogP contribution in [0.2, 0.25) is 0 Å². The molecule has 0 saturated carbocycles. The molecule has 1 heterocycles. The van der Waals surface area contributed by atoms with Gasteiger partial charge in [-0.05, 0) is 68.7 Å². The topological polar surface area (TPSA) is 75.7 Å². The molecule has 8 heteroatoms. The third-order valence-electron chi connectivity index (χ3n) is 4.94. The van der Waals surface area contributed by atoms with Crippen LogP contribution in [0.3, 0.4) is 0 Å². The van der Waals surface area contributed by atoms with Crippen molar-refractivity contribution in [1.29, 1.82) is 0 Å². The van der Waals surface area contributed by atoms with Crippen LogP contribution in [0.4, 0.5) is 4.39 Å². The molecule has 1 fully saturated rings. The molecule has 1 atom stereocenters. The number of halogens is 1. The molecule has 162 valence electrons. The highest BCUT2D eigenvalue weighted by molar-refractivity contribution is 7.89. The lowest BCUT2D eigenvalue weighted by molar-refractivity contribution is -0.125. The number of rotatable bonds is 7. The fourth-order valence-electron chi connectivity index (χ4n) is 3.46. The minimum absolute atomic E-state index is 0.00987. The van der Waals surface area contributed by atoms with Crippen molar-refractivity contribution in [2.45, 2.75) is 56.7 Å². The second kappa shape index (κ2) is 9.57. The van der Waals surface area contributed by atoms with E-state index in [4.69, 9.17) is 4.74 Å². The largest absolute Gasteiger partial charge is 0.491 e. The molecule has 2 aromatic carbocycles. The van der Waals surface area contributed by atoms with E-state index in [2.05, 4.69) is 5.32 Å². The van der Waals surface area contributed by atoms with Gasteiger partial charge >= 0.3 is 0 Å². The summed E-state index contributed by atoms with van der Waals surface area (Å²) >= 11 is 0. The molecule has 0 spiro atoms. The maximum atomic E-state index is 13.2. The molecule has 1 aliphatic rings. The summed E-state index contributed by atoms with van der Waals surface area (Å²) in [6.45, 7) is 4.45. The Bertz CT molecular complexity index is 960. The SMILES string of the molecule is CC(C)Oc1ccc(CNC(=O)[C@@H]2CCCCN2S(=O)(=O)c2ccc(F)cc2)cc1. The second-order valence-electron chi connectivity index (χ2n) is 7.61. The Morgan fingerprint density at radius 1 is 1.13 bits per heavy atom. The Balaban J connectivity index is 1.68. The van der Waals surface area contributed by atoms with Crippen LogP contribution < -0.4 is 10.1 Å². The van der Waals surface area contributed by atoms with Gasteiger partial charge in [0.05, 0.1) is 11.0 Å². The van der Waals surface area contributed by atoms with Crippen molar-refractivity contribution >= 4 is 15.9 Å². The molecule has 1 N–H and O–H groups in total. The number of ether oxygens (including phenoxy) is 1. The van der Waals surface area contributed by atoms with Gasteiger partial charge in [-0.15, -0.1) is 0 Å². The van der Waals surface area contributed by atoms with Crippen LogP contribution in [0.5, 0.6) is 5.75 Å². The minimum atomic E-state index is -3.88. The summed E-state index contributed by atoms with van der Waals surface area (Å²) in [6, 6.07) is 11.3. The number of hydrogen-bond donors (Lipinski definition) is 1. The molecule has 1 aliphatic heterocycles. The number of carbonyl (C=O) groups excluding carboxylic acids is 1. The van der Waals surface area contributed by atoms with Crippen LogP contribution in [0, 0.1) is 5.82 Å². The zero-order chi connectivity index (χ0) is 21.7. The van der Waals surface area contributed by atoms with E-state index in [1.807, 2.05) is 38.1 Å². The third-order valence-corrected chi connectivity index (χ3v) is 6.86. The first-order valence-electron chi connectivity index (χ1n) is 10.1. The number of piperidine rings is 1. The van der Waals surface area contributed by atoms with Crippen LogP contribution >= 0.6 is 0 Å². The molecule has 30 heavy (non-hydrogen) atoms. The molecular weight excluding hydrogens is 407 g/mol. The van der Waals surface area contributed by atoms with Gasteiger partial charge in [0, 0.05) is 13.1 Å². The molecule has 0 radical (unpaired) electrons. The molecule has 3 rings (SSSR count). The summed E-state index contributed by atoms with van der Waals surface area (Å²) in [4.78, 5) is 12.8. The lowest BCUT2D eigenvalue weighted by atomic mass is 10.0. The monoisotopic (exact) mass is 434 g/mol. The maximum absolute atomic E-state index is 13.2. The Morgan fingerprint density at radius 3 is 2.43 bits per heavy atom. The normalized spacial score (nSPS) is 17.7. The van der Waals surface area contributed by atoms with Gasteiger partial charge in [-0.25, -0.2) is 12.8 Å². The van der Waals surface area contributed by atoms with Gasteiger partial charge in [0.2, 0.25) is 15.9 Å². The summed E-state index contributed by atoms with van der Waals surface area (Å²) in [5.41, 5.74) is 0.892. The Labute approximate surface area is 177 Å². The zero-order valence-corrected chi connectivity index (χ0v) is 18.0. The van der Waals surface area contributed by atoms with E-state index in [1.54, 1.807) is 0 Å². The van der Waals surface area contributed by atoms with Crippen molar-refractivity contribution in [1.82, 2.24) is 9.62 Å². The number of sulfonamides is 1. The molecule has 0 aliphatic carbocycles. The van der Waals surface area contributed by atoms with Gasteiger partial charge < -0.3 is 10.1 Å². The van der Waals surface area contributed by atoms with E-state index in [0.717, 1.165) is 29.9 Å².